The molecule has 5 nitrogen and oxygen atoms in total. The van der Waals surface area contributed by atoms with Crippen molar-refractivity contribution in [3.8, 4) is 11.5 Å². The minimum absolute atomic E-state index is 0.0397. The first-order valence-corrected chi connectivity index (χ1v) is 8.10. The Morgan fingerprint density at radius 3 is 2.52 bits per heavy atom. The van der Waals surface area contributed by atoms with E-state index < -0.39 is 0 Å². The molecular weight excluding hydrogens is 316 g/mol. The molecule has 1 aliphatic rings. The smallest absolute Gasteiger partial charge is 0.317 e. The topological polar surface area (TPSA) is 50.8 Å². The Morgan fingerprint density at radius 2 is 2.04 bits per heavy atom. The summed E-state index contributed by atoms with van der Waals surface area (Å²) >= 11 is 6.18. The van der Waals surface area contributed by atoms with Gasteiger partial charge in [-0.1, -0.05) is 32.4 Å². The molecule has 0 aromatic heterocycles. The van der Waals surface area contributed by atoms with E-state index in [1.54, 1.807) is 20.3 Å². The molecule has 0 aliphatic carbocycles. The Kier molecular flexibility index (Phi) is 5.30. The molecule has 1 unspecified atom stereocenters. The summed E-state index contributed by atoms with van der Waals surface area (Å²) < 4.78 is 10.5. The van der Waals surface area contributed by atoms with Crippen molar-refractivity contribution in [1.82, 2.24) is 10.2 Å². The van der Waals surface area contributed by atoms with Gasteiger partial charge in [-0.3, -0.25) is 0 Å². The predicted molar refractivity (Wildman–Crippen MR) is 91.4 cm³/mol. The van der Waals surface area contributed by atoms with E-state index in [1.807, 2.05) is 11.0 Å². The van der Waals surface area contributed by atoms with Crippen molar-refractivity contribution >= 4 is 17.6 Å². The summed E-state index contributed by atoms with van der Waals surface area (Å²) in [5.41, 5.74) is 0.969. The number of nitrogens with one attached hydrogen (secondary N) is 1. The number of carbonyl (C=O) groups excluding carboxylic acids is 1. The molecule has 0 radical (unpaired) electrons. The number of nitrogens with zero attached hydrogens (tertiary/aromatic N) is 1. The molecule has 0 spiro atoms. The molecular formula is C17H25ClN2O3. The second-order valence-corrected chi connectivity index (χ2v) is 7.24. The number of ether oxygens (including phenoxy) is 2. The summed E-state index contributed by atoms with van der Waals surface area (Å²) in [6.45, 7) is 7.67. The van der Waals surface area contributed by atoms with Gasteiger partial charge in [-0.15, -0.1) is 0 Å². The minimum atomic E-state index is -0.0397. The quantitative estimate of drug-likeness (QED) is 0.909. The van der Waals surface area contributed by atoms with Crippen LogP contribution in [-0.4, -0.2) is 37.7 Å². The summed E-state index contributed by atoms with van der Waals surface area (Å²) in [4.78, 5) is 14.2. The van der Waals surface area contributed by atoms with E-state index in [2.05, 4.69) is 26.1 Å². The van der Waals surface area contributed by atoms with Crippen LogP contribution in [0.15, 0.2) is 12.1 Å². The highest BCUT2D eigenvalue weighted by atomic mass is 35.5. The lowest BCUT2D eigenvalue weighted by Gasteiger charge is -2.48. The molecule has 1 heterocycles. The second kappa shape index (κ2) is 6.87. The lowest BCUT2D eigenvalue weighted by Crippen LogP contribution is -2.59. The number of hydrogen-bond acceptors (Lipinski definition) is 3. The van der Waals surface area contributed by atoms with Crippen molar-refractivity contribution in [2.24, 2.45) is 5.41 Å². The van der Waals surface area contributed by atoms with E-state index in [-0.39, 0.29) is 17.5 Å². The normalized spacial score (nSPS) is 17.5. The highest BCUT2D eigenvalue weighted by Crippen LogP contribution is 2.36. The molecule has 2 amide bonds. The Bertz CT molecular complexity index is 584. The van der Waals surface area contributed by atoms with Crippen LogP contribution in [0.3, 0.4) is 0 Å². The van der Waals surface area contributed by atoms with Crippen molar-refractivity contribution in [3.05, 3.63) is 22.7 Å². The van der Waals surface area contributed by atoms with Crippen LogP contribution >= 0.6 is 11.6 Å². The van der Waals surface area contributed by atoms with Crippen molar-refractivity contribution in [1.29, 1.82) is 0 Å². The lowest BCUT2D eigenvalue weighted by molar-refractivity contribution is 0.0437. The van der Waals surface area contributed by atoms with Crippen LogP contribution in [0.2, 0.25) is 5.02 Å². The Morgan fingerprint density at radius 1 is 1.35 bits per heavy atom. The van der Waals surface area contributed by atoms with Crippen molar-refractivity contribution in [2.75, 3.05) is 20.8 Å². The first-order valence-electron chi connectivity index (χ1n) is 7.72. The summed E-state index contributed by atoms with van der Waals surface area (Å²) in [7, 11) is 3.10. The summed E-state index contributed by atoms with van der Waals surface area (Å²) in [6, 6.07) is 3.85. The molecule has 1 fully saturated rings. The number of halogens is 1. The standard InChI is InChI=1S/C17H25ClN2O3/c1-17(2,3)14-6-7-20(14)16(21)19-10-11-8-12(18)15(23-5)13(9-11)22-4/h8-9,14H,6-7,10H2,1-5H3,(H,19,21). The van der Waals surface area contributed by atoms with Gasteiger partial charge in [0.1, 0.15) is 0 Å². The largest absolute Gasteiger partial charge is 0.493 e. The number of urea groups is 1. The Hall–Kier alpha value is -1.62. The molecule has 1 aromatic rings. The van der Waals surface area contributed by atoms with Gasteiger partial charge in [-0.25, -0.2) is 4.79 Å². The van der Waals surface area contributed by atoms with Crippen molar-refractivity contribution < 1.29 is 14.3 Å². The third kappa shape index (κ3) is 3.83. The molecule has 6 heteroatoms. The van der Waals surface area contributed by atoms with Gasteiger partial charge in [0.2, 0.25) is 0 Å². The van der Waals surface area contributed by atoms with Gasteiger partial charge >= 0.3 is 6.03 Å². The average molecular weight is 341 g/mol. The van der Waals surface area contributed by atoms with E-state index in [0.717, 1.165) is 18.5 Å². The number of rotatable bonds is 4. The summed E-state index contributed by atoms with van der Waals surface area (Å²) in [5, 5.41) is 3.42. The summed E-state index contributed by atoms with van der Waals surface area (Å²) in [5.74, 6) is 1.06. The van der Waals surface area contributed by atoms with Crippen LogP contribution in [0, 0.1) is 5.41 Å². The zero-order chi connectivity index (χ0) is 17.2. The second-order valence-electron chi connectivity index (χ2n) is 6.84. The van der Waals surface area contributed by atoms with Gasteiger partial charge in [0.15, 0.2) is 11.5 Å². The van der Waals surface area contributed by atoms with Crippen molar-refractivity contribution in [3.63, 3.8) is 0 Å². The predicted octanol–water partition coefficient (Wildman–Crippen LogP) is 3.69. The molecule has 0 bridgehead atoms. The molecule has 0 saturated carbocycles. The van der Waals surface area contributed by atoms with Gasteiger partial charge in [-0.05, 0) is 29.5 Å². The number of carbonyl (C=O) groups is 1. The maximum atomic E-state index is 12.3. The molecule has 1 N–H and O–H groups in total. The minimum Gasteiger partial charge on any atom is -0.493 e. The van der Waals surface area contributed by atoms with Crippen molar-refractivity contribution in [2.45, 2.75) is 39.8 Å². The first-order chi connectivity index (χ1) is 10.8. The monoisotopic (exact) mass is 340 g/mol. The third-order valence-electron chi connectivity index (χ3n) is 4.22. The lowest BCUT2D eigenvalue weighted by atomic mass is 9.79. The molecule has 1 aromatic carbocycles. The zero-order valence-electron chi connectivity index (χ0n) is 14.4. The third-order valence-corrected chi connectivity index (χ3v) is 4.50. The van der Waals surface area contributed by atoms with Gasteiger partial charge < -0.3 is 19.7 Å². The van der Waals surface area contributed by atoms with E-state index in [4.69, 9.17) is 21.1 Å². The highest BCUT2D eigenvalue weighted by molar-refractivity contribution is 6.32. The Labute approximate surface area is 142 Å². The number of hydrogen-bond donors (Lipinski definition) is 1. The van der Waals surface area contributed by atoms with Crippen LogP contribution < -0.4 is 14.8 Å². The van der Waals surface area contributed by atoms with E-state index in [9.17, 15) is 4.79 Å². The maximum Gasteiger partial charge on any atom is 0.317 e. The average Bonchev–Trinajstić information content (AvgIpc) is 2.41. The van der Waals surface area contributed by atoms with Gasteiger partial charge in [0.05, 0.1) is 19.2 Å². The van der Waals surface area contributed by atoms with Crippen LogP contribution in [0.25, 0.3) is 0 Å². The molecule has 1 aliphatic heterocycles. The van der Waals surface area contributed by atoms with Crippen LogP contribution in [0.4, 0.5) is 4.79 Å². The maximum absolute atomic E-state index is 12.3. The number of amides is 2. The molecule has 23 heavy (non-hydrogen) atoms. The fourth-order valence-electron chi connectivity index (χ4n) is 2.88. The summed E-state index contributed by atoms with van der Waals surface area (Å²) in [6.07, 6.45) is 1.05. The SMILES string of the molecule is COc1cc(CNC(=O)N2CCC2C(C)(C)C)cc(Cl)c1OC. The first kappa shape index (κ1) is 17.7. The zero-order valence-corrected chi connectivity index (χ0v) is 15.2. The van der Waals surface area contributed by atoms with Gasteiger partial charge in [-0.2, -0.15) is 0 Å². The van der Waals surface area contributed by atoms with E-state index in [1.165, 1.54) is 0 Å². The van der Waals surface area contributed by atoms with Crippen LogP contribution in [0.5, 0.6) is 11.5 Å². The van der Waals surface area contributed by atoms with Crippen LogP contribution in [0.1, 0.15) is 32.8 Å². The number of benzene rings is 1. The number of methoxy groups -OCH3 is 2. The fraction of sp³-hybridized carbons (Fsp3) is 0.588. The highest BCUT2D eigenvalue weighted by Gasteiger charge is 2.39. The van der Waals surface area contributed by atoms with E-state index in [0.29, 0.717) is 23.1 Å². The Balaban J connectivity index is 2.01. The molecule has 1 saturated heterocycles. The van der Waals surface area contributed by atoms with Gasteiger partial charge in [0.25, 0.3) is 0 Å². The van der Waals surface area contributed by atoms with Gasteiger partial charge in [0, 0.05) is 19.1 Å². The van der Waals surface area contributed by atoms with E-state index >= 15 is 0 Å². The molecule has 2 rings (SSSR count). The molecule has 128 valence electrons. The van der Waals surface area contributed by atoms with Crippen LogP contribution in [-0.2, 0) is 6.54 Å². The molecule has 1 atom stereocenters. The number of likely N-dealkylation sites (tertiary alicyclic amines) is 1. The fourth-order valence-corrected chi connectivity index (χ4v) is 3.19.